The van der Waals surface area contributed by atoms with Crippen molar-refractivity contribution in [2.45, 2.75) is 26.8 Å². The number of quaternary nitrogens is 1. The maximum Gasteiger partial charge on any atom is 0.294 e. The van der Waals surface area contributed by atoms with Crippen LogP contribution in [0.5, 0.6) is 5.75 Å². The standard InChI is InChI=1S/C25H27N3O4/c1-4-16-13-17-23(30)21(25-26-19-7-5-6-8-20(19)27(25)3)15(2)32-24(17)18(22(16)29)14-28-9-11-31-12-10-28/h5-8,13H,4,9-12,14H2,1-3H3,(H,29,30)/p+2. The van der Waals surface area contributed by atoms with Gasteiger partial charge in [-0.3, -0.25) is 4.79 Å². The Balaban J connectivity index is 1.74. The van der Waals surface area contributed by atoms with Crippen molar-refractivity contribution in [2.75, 3.05) is 26.3 Å². The summed E-state index contributed by atoms with van der Waals surface area (Å²) in [6.07, 6.45) is 0.635. The molecule has 32 heavy (non-hydrogen) atoms. The fourth-order valence-corrected chi connectivity index (χ4v) is 4.78. The van der Waals surface area contributed by atoms with Gasteiger partial charge in [0.05, 0.1) is 31.2 Å². The van der Waals surface area contributed by atoms with Crippen molar-refractivity contribution in [1.29, 1.82) is 0 Å². The molecule has 0 saturated carbocycles. The van der Waals surface area contributed by atoms with E-state index in [9.17, 15) is 9.90 Å². The van der Waals surface area contributed by atoms with E-state index < -0.39 is 0 Å². The van der Waals surface area contributed by atoms with E-state index >= 15 is 0 Å². The zero-order chi connectivity index (χ0) is 22.4. The summed E-state index contributed by atoms with van der Waals surface area (Å²) < 4.78 is 13.8. The van der Waals surface area contributed by atoms with E-state index in [2.05, 4.69) is 4.98 Å². The molecular formula is C25H29N3O4+2. The number of rotatable bonds is 4. The second-order valence-corrected chi connectivity index (χ2v) is 8.54. The van der Waals surface area contributed by atoms with E-state index in [1.165, 1.54) is 4.90 Å². The van der Waals surface area contributed by atoms with E-state index in [1.807, 2.05) is 49.7 Å². The average Bonchev–Trinajstić information content (AvgIpc) is 3.13. The molecule has 1 aliphatic heterocycles. The maximum atomic E-state index is 13.8. The number of aromatic hydroxyl groups is 1. The molecule has 3 N–H and O–H groups in total. The molecule has 3 heterocycles. The average molecular weight is 436 g/mol. The van der Waals surface area contributed by atoms with E-state index in [0.717, 1.165) is 29.7 Å². The van der Waals surface area contributed by atoms with Crippen LogP contribution in [0.3, 0.4) is 0 Å². The first-order valence-electron chi connectivity index (χ1n) is 11.2. The van der Waals surface area contributed by atoms with Crippen molar-refractivity contribution in [1.82, 2.24) is 4.98 Å². The zero-order valence-corrected chi connectivity index (χ0v) is 18.7. The Labute approximate surface area is 185 Å². The number of aromatic amines is 1. The van der Waals surface area contributed by atoms with Crippen molar-refractivity contribution in [3.05, 3.63) is 57.4 Å². The molecule has 0 bridgehead atoms. The van der Waals surface area contributed by atoms with Gasteiger partial charge < -0.3 is 19.2 Å². The SMILES string of the molecule is CCc1cc2c(=O)c(-c3[nH]c4ccccc4[n+]3C)c(C)oc2c(C[NH+]2CCOCC2)c1O. The lowest BCUT2D eigenvalue weighted by atomic mass is 9.99. The van der Waals surface area contributed by atoms with E-state index in [0.29, 0.717) is 59.9 Å². The van der Waals surface area contributed by atoms with Crippen LogP contribution in [0, 0.1) is 6.92 Å². The monoisotopic (exact) mass is 435 g/mol. The maximum absolute atomic E-state index is 13.8. The Morgan fingerprint density at radius 3 is 2.69 bits per heavy atom. The molecule has 2 aromatic carbocycles. The highest BCUT2D eigenvalue weighted by Gasteiger charge is 2.28. The first kappa shape index (κ1) is 20.7. The molecule has 0 unspecified atom stereocenters. The van der Waals surface area contributed by atoms with Crippen molar-refractivity contribution in [2.24, 2.45) is 7.05 Å². The van der Waals surface area contributed by atoms with E-state index in [4.69, 9.17) is 9.15 Å². The largest absolute Gasteiger partial charge is 0.507 e. The normalized spacial score (nSPS) is 15.1. The molecule has 0 amide bonds. The minimum atomic E-state index is -0.0844. The Morgan fingerprint density at radius 1 is 1.22 bits per heavy atom. The molecule has 166 valence electrons. The van der Waals surface area contributed by atoms with Gasteiger partial charge >= 0.3 is 0 Å². The molecule has 0 spiro atoms. The number of nitrogens with zero attached hydrogens (tertiary/aromatic N) is 1. The Bertz CT molecular complexity index is 1380. The van der Waals surface area contributed by atoms with Gasteiger partial charge in [-0.2, -0.15) is 0 Å². The fourth-order valence-electron chi connectivity index (χ4n) is 4.78. The Kier molecular flexibility index (Phi) is 5.23. The smallest absolute Gasteiger partial charge is 0.294 e. The molecule has 0 aliphatic carbocycles. The molecule has 7 nitrogen and oxygen atoms in total. The third-order valence-corrected chi connectivity index (χ3v) is 6.60. The van der Waals surface area contributed by atoms with Crippen molar-refractivity contribution in [3.8, 4) is 17.1 Å². The molecule has 1 saturated heterocycles. The number of nitrogens with one attached hydrogen (secondary N) is 2. The van der Waals surface area contributed by atoms with Gasteiger partial charge in [0.15, 0.2) is 16.6 Å². The van der Waals surface area contributed by atoms with Crippen LogP contribution in [0.25, 0.3) is 33.4 Å². The van der Waals surface area contributed by atoms with Gasteiger partial charge in [0.25, 0.3) is 5.82 Å². The highest BCUT2D eigenvalue weighted by molar-refractivity contribution is 5.87. The summed E-state index contributed by atoms with van der Waals surface area (Å²) >= 11 is 0. The third kappa shape index (κ3) is 3.29. The quantitative estimate of drug-likeness (QED) is 0.427. The number of imidazole rings is 1. The number of benzene rings is 2. The highest BCUT2D eigenvalue weighted by atomic mass is 16.5. The number of hydrogen-bond donors (Lipinski definition) is 3. The number of aromatic nitrogens is 2. The van der Waals surface area contributed by atoms with Crippen LogP contribution in [-0.4, -0.2) is 36.4 Å². The lowest BCUT2D eigenvalue weighted by Gasteiger charge is -2.24. The molecule has 1 aliphatic rings. The van der Waals surface area contributed by atoms with Crippen LogP contribution in [0.2, 0.25) is 0 Å². The van der Waals surface area contributed by atoms with Crippen LogP contribution in [0.1, 0.15) is 23.8 Å². The number of morpholine rings is 1. The minimum Gasteiger partial charge on any atom is -0.507 e. The van der Waals surface area contributed by atoms with Crippen molar-refractivity contribution >= 4 is 22.0 Å². The summed E-state index contributed by atoms with van der Waals surface area (Å²) in [5.41, 5.74) is 4.38. The third-order valence-electron chi connectivity index (χ3n) is 6.60. The van der Waals surface area contributed by atoms with Crippen LogP contribution >= 0.6 is 0 Å². The molecule has 2 aromatic heterocycles. The molecule has 1 fully saturated rings. The highest BCUT2D eigenvalue weighted by Crippen LogP contribution is 2.32. The molecular weight excluding hydrogens is 406 g/mol. The minimum absolute atomic E-state index is 0.0844. The van der Waals surface area contributed by atoms with Crippen LogP contribution in [0.15, 0.2) is 39.5 Å². The Hall–Kier alpha value is -3.16. The van der Waals surface area contributed by atoms with Gasteiger partial charge in [0.2, 0.25) is 5.43 Å². The summed E-state index contributed by atoms with van der Waals surface area (Å²) in [5.74, 6) is 1.49. The van der Waals surface area contributed by atoms with Crippen LogP contribution < -0.4 is 14.9 Å². The van der Waals surface area contributed by atoms with Crippen LogP contribution in [0.4, 0.5) is 0 Å². The first-order chi connectivity index (χ1) is 15.5. The van der Waals surface area contributed by atoms with Crippen molar-refractivity contribution in [3.63, 3.8) is 0 Å². The number of para-hydroxylation sites is 2. The number of H-pyrrole nitrogens is 1. The van der Waals surface area contributed by atoms with Crippen molar-refractivity contribution < 1.29 is 23.7 Å². The molecule has 5 rings (SSSR count). The summed E-state index contributed by atoms with van der Waals surface area (Å²) in [4.78, 5) is 18.5. The first-order valence-corrected chi connectivity index (χ1v) is 11.2. The van der Waals surface area contributed by atoms with E-state index in [1.54, 1.807) is 6.07 Å². The number of ether oxygens (including phenoxy) is 1. The Morgan fingerprint density at radius 2 is 1.97 bits per heavy atom. The summed E-state index contributed by atoms with van der Waals surface area (Å²) in [6.45, 7) is 7.53. The topological polar surface area (TPSA) is 83.8 Å². The van der Waals surface area contributed by atoms with Gasteiger partial charge in [-0.15, -0.1) is 0 Å². The summed E-state index contributed by atoms with van der Waals surface area (Å²) in [6, 6.07) is 9.75. The number of fused-ring (bicyclic) bond motifs is 2. The predicted molar refractivity (Wildman–Crippen MR) is 122 cm³/mol. The van der Waals surface area contributed by atoms with Gasteiger partial charge in [-0.25, -0.2) is 9.55 Å². The van der Waals surface area contributed by atoms with Gasteiger partial charge in [-0.1, -0.05) is 19.1 Å². The fraction of sp³-hybridized carbons (Fsp3) is 0.360. The van der Waals surface area contributed by atoms with E-state index in [-0.39, 0.29) is 11.2 Å². The second kappa shape index (κ2) is 8.07. The number of phenolic OH excluding ortho intramolecular Hbond substituents is 1. The molecule has 7 heteroatoms. The van der Waals surface area contributed by atoms with Gasteiger partial charge in [0.1, 0.15) is 36.7 Å². The number of phenols is 1. The summed E-state index contributed by atoms with van der Waals surface area (Å²) in [7, 11) is 1.94. The lowest BCUT2D eigenvalue weighted by Crippen LogP contribution is -3.12. The molecule has 4 aromatic rings. The summed E-state index contributed by atoms with van der Waals surface area (Å²) in [5, 5.41) is 11.5. The van der Waals surface area contributed by atoms with Gasteiger partial charge in [0, 0.05) is 0 Å². The zero-order valence-electron chi connectivity index (χ0n) is 18.7. The molecule has 0 radical (unpaired) electrons. The number of hydrogen-bond acceptors (Lipinski definition) is 4. The predicted octanol–water partition coefficient (Wildman–Crippen LogP) is 1.76. The van der Waals surface area contributed by atoms with Crippen LogP contribution in [-0.2, 0) is 24.8 Å². The van der Waals surface area contributed by atoms with Gasteiger partial charge in [-0.05, 0) is 37.1 Å². The molecule has 0 atom stereocenters. The number of aryl methyl sites for hydroxylation is 3. The second-order valence-electron chi connectivity index (χ2n) is 8.54. The lowest BCUT2D eigenvalue weighted by molar-refractivity contribution is -0.921.